The second-order valence-electron chi connectivity index (χ2n) is 14.7. The average molecular weight is 677 g/mol. The van der Waals surface area contributed by atoms with E-state index in [1.807, 2.05) is 44.2 Å². The van der Waals surface area contributed by atoms with Crippen LogP contribution < -0.4 is 36.5 Å². The van der Waals surface area contributed by atoms with E-state index in [1.54, 1.807) is 0 Å². The van der Waals surface area contributed by atoms with Gasteiger partial charge in [0.2, 0.25) is 0 Å². The topological polar surface area (TPSA) is 105 Å². The SMILES string of the molecule is CC(C)COc1cc2c(cc1C1CCCCC1)NC(/C=C\C1=CCC(C(C)(N)NC(=N[C@@H](C)Nc3ccccc3)NC3=CC=CCC3)C=C1)O2. The van der Waals surface area contributed by atoms with E-state index in [2.05, 4.69) is 95.9 Å². The summed E-state index contributed by atoms with van der Waals surface area (Å²) in [4.78, 5) is 4.97. The van der Waals surface area contributed by atoms with Crippen molar-refractivity contribution >= 4 is 17.3 Å². The Morgan fingerprint density at radius 3 is 2.68 bits per heavy atom. The number of fused-ring (bicyclic) bond motifs is 1. The van der Waals surface area contributed by atoms with Gasteiger partial charge in [-0.2, -0.15) is 0 Å². The lowest BCUT2D eigenvalue weighted by Gasteiger charge is -2.36. The van der Waals surface area contributed by atoms with Gasteiger partial charge in [0.05, 0.1) is 18.0 Å². The molecule has 50 heavy (non-hydrogen) atoms. The van der Waals surface area contributed by atoms with Crippen LogP contribution in [0.4, 0.5) is 11.4 Å². The Morgan fingerprint density at radius 1 is 1.14 bits per heavy atom. The summed E-state index contributed by atoms with van der Waals surface area (Å²) < 4.78 is 12.7. The Morgan fingerprint density at radius 2 is 1.96 bits per heavy atom. The highest BCUT2D eigenvalue weighted by Gasteiger charge is 2.31. The number of nitrogens with one attached hydrogen (secondary N) is 4. The van der Waals surface area contributed by atoms with Crippen molar-refractivity contribution in [1.82, 2.24) is 10.6 Å². The van der Waals surface area contributed by atoms with Gasteiger partial charge < -0.3 is 36.5 Å². The monoisotopic (exact) mass is 676 g/mol. The lowest BCUT2D eigenvalue weighted by atomic mass is 9.83. The van der Waals surface area contributed by atoms with Crippen molar-refractivity contribution in [3.05, 3.63) is 108 Å². The van der Waals surface area contributed by atoms with E-state index in [1.165, 1.54) is 37.7 Å². The first-order valence-corrected chi connectivity index (χ1v) is 18.6. The molecule has 0 spiro atoms. The third-order valence-corrected chi connectivity index (χ3v) is 9.80. The van der Waals surface area contributed by atoms with Crippen LogP contribution in [0, 0.1) is 11.8 Å². The van der Waals surface area contributed by atoms with Crippen LogP contribution >= 0.6 is 0 Å². The van der Waals surface area contributed by atoms with Gasteiger partial charge in [-0.3, -0.25) is 0 Å². The van der Waals surface area contributed by atoms with Crippen LogP contribution in [-0.4, -0.2) is 30.6 Å². The molecule has 8 heteroatoms. The van der Waals surface area contributed by atoms with Gasteiger partial charge in [-0.25, -0.2) is 4.99 Å². The number of hydrogen-bond donors (Lipinski definition) is 5. The number of nitrogens with two attached hydrogens (primary N) is 1. The van der Waals surface area contributed by atoms with Crippen LogP contribution in [-0.2, 0) is 0 Å². The van der Waals surface area contributed by atoms with Crippen LogP contribution in [0.1, 0.15) is 90.5 Å². The summed E-state index contributed by atoms with van der Waals surface area (Å²) in [6.45, 7) is 9.16. The maximum Gasteiger partial charge on any atom is 0.199 e. The highest BCUT2D eigenvalue weighted by Crippen LogP contribution is 2.44. The van der Waals surface area contributed by atoms with E-state index in [9.17, 15) is 0 Å². The number of benzene rings is 2. The number of anilines is 2. The second-order valence-corrected chi connectivity index (χ2v) is 14.7. The van der Waals surface area contributed by atoms with Crippen LogP contribution in [0.25, 0.3) is 0 Å². The summed E-state index contributed by atoms with van der Waals surface area (Å²) in [6.07, 6.45) is 25.9. The Bertz CT molecular complexity index is 1630. The molecule has 1 aliphatic heterocycles. The van der Waals surface area contributed by atoms with Crippen LogP contribution in [0.2, 0.25) is 0 Å². The molecule has 6 rings (SSSR count). The minimum atomic E-state index is -0.741. The smallest absolute Gasteiger partial charge is 0.199 e. The summed E-state index contributed by atoms with van der Waals surface area (Å²) >= 11 is 0. The number of nitrogens with zero attached hydrogens (tertiary/aromatic N) is 1. The van der Waals surface area contributed by atoms with Crippen molar-refractivity contribution in [3.63, 3.8) is 0 Å². The average Bonchev–Trinajstić information content (AvgIpc) is 3.52. The molecule has 8 nitrogen and oxygen atoms in total. The number of hydrogen-bond acceptors (Lipinski definition) is 6. The molecule has 0 radical (unpaired) electrons. The molecule has 1 fully saturated rings. The number of para-hydroxylation sites is 1. The maximum absolute atomic E-state index is 6.98. The van der Waals surface area contributed by atoms with Crippen molar-refractivity contribution < 1.29 is 9.47 Å². The maximum atomic E-state index is 6.98. The Balaban J connectivity index is 1.08. The Labute approximate surface area is 299 Å². The van der Waals surface area contributed by atoms with Gasteiger partial charge in [-0.15, -0.1) is 0 Å². The van der Waals surface area contributed by atoms with Crippen molar-refractivity contribution in [1.29, 1.82) is 0 Å². The van der Waals surface area contributed by atoms with E-state index in [-0.39, 0.29) is 18.3 Å². The third-order valence-electron chi connectivity index (χ3n) is 9.80. The summed E-state index contributed by atoms with van der Waals surface area (Å²) in [6, 6.07) is 14.5. The quantitative estimate of drug-likeness (QED) is 0.0869. The molecule has 2 aromatic rings. The first kappa shape index (κ1) is 35.4. The summed E-state index contributed by atoms with van der Waals surface area (Å²) in [5.74, 6) is 3.58. The van der Waals surface area contributed by atoms with Gasteiger partial charge in [-0.05, 0) is 99.3 Å². The molecule has 3 unspecified atom stereocenters. The molecule has 4 atom stereocenters. The van der Waals surface area contributed by atoms with E-state index < -0.39 is 5.66 Å². The fourth-order valence-electron chi connectivity index (χ4n) is 7.02. The summed E-state index contributed by atoms with van der Waals surface area (Å²) in [5, 5.41) is 14.1. The molecule has 4 aliphatic rings. The fourth-order valence-corrected chi connectivity index (χ4v) is 7.02. The summed E-state index contributed by atoms with van der Waals surface area (Å²) in [7, 11) is 0. The largest absolute Gasteiger partial charge is 0.493 e. The van der Waals surface area contributed by atoms with Crippen molar-refractivity contribution in [3.8, 4) is 11.5 Å². The molecule has 1 heterocycles. The zero-order valence-corrected chi connectivity index (χ0v) is 30.3. The standard InChI is InChI=1S/C42H56N6O2/c1-29(2)28-49-38-27-39-37(26-36(38)32-14-8-5-9-15-32)47-40(50-39)25-22-31-20-23-33(24-21-31)42(4,43)48-41(46-35-18-12-7-13-19-35)45-30(3)44-34-16-10-6-11-17-34/h6-7,10-12,16-18,20-23,25-27,29-30,32-33,40,44,47H,5,8-9,13-15,19,24,28,43H2,1-4H3,(H2,45,46,48)/b25-22-/t30-,33?,40?,42?/m0/s1. The minimum Gasteiger partial charge on any atom is -0.493 e. The van der Waals surface area contributed by atoms with Crippen molar-refractivity contribution in [2.75, 3.05) is 17.2 Å². The predicted molar refractivity (Wildman–Crippen MR) is 207 cm³/mol. The number of aliphatic imine (C=N–C) groups is 1. The first-order chi connectivity index (χ1) is 24.2. The van der Waals surface area contributed by atoms with Crippen molar-refractivity contribution in [2.24, 2.45) is 22.6 Å². The van der Waals surface area contributed by atoms with E-state index in [0.29, 0.717) is 24.4 Å². The van der Waals surface area contributed by atoms with Gasteiger partial charge in [0.25, 0.3) is 0 Å². The molecule has 3 aliphatic carbocycles. The molecule has 0 aromatic heterocycles. The van der Waals surface area contributed by atoms with Gasteiger partial charge in [0.15, 0.2) is 12.2 Å². The zero-order valence-electron chi connectivity index (χ0n) is 30.3. The zero-order chi connectivity index (χ0) is 34.9. The molecular formula is C42H56N6O2. The lowest BCUT2D eigenvalue weighted by molar-refractivity contribution is 0.261. The molecule has 0 amide bonds. The summed E-state index contributed by atoms with van der Waals surface area (Å²) in [5.41, 5.74) is 11.9. The molecule has 266 valence electrons. The number of allylic oxidation sites excluding steroid dienone is 8. The molecule has 2 aromatic carbocycles. The Kier molecular flexibility index (Phi) is 11.7. The first-order valence-electron chi connectivity index (χ1n) is 18.6. The molecule has 0 bridgehead atoms. The third kappa shape index (κ3) is 9.63. The fraction of sp³-hybridized carbons (Fsp3) is 0.452. The molecule has 0 saturated heterocycles. The van der Waals surface area contributed by atoms with Crippen molar-refractivity contribution in [2.45, 2.75) is 103 Å². The van der Waals surface area contributed by atoms with Gasteiger partial charge in [0.1, 0.15) is 17.7 Å². The lowest BCUT2D eigenvalue weighted by Crippen LogP contribution is -2.61. The van der Waals surface area contributed by atoms with Crippen LogP contribution in [0.5, 0.6) is 11.5 Å². The van der Waals surface area contributed by atoms with Crippen LogP contribution in [0.15, 0.2) is 107 Å². The number of ether oxygens (including phenoxy) is 2. The molecule has 1 saturated carbocycles. The van der Waals surface area contributed by atoms with Crippen LogP contribution in [0.3, 0.4) is 0 Å². The van der Waals surface area contributed by atoms with Gasteiger partial charge in [-0.1, -0.05) is 87.8 Å². The Hall–Kier alpha value is -4.43. The molecule has 6 N–H and O–H groups in total. The van der Waals surface area contributed by atoms with Gasteiger partial charge >= 0.3 is 0 Å². The second kappa shape index (κ2) is 16.5. The highest BCUT2D eigenvalue weighted by molar-refractivity contribution is 5.82. The molecular weight excluding hydrogens is 621 g/mol. The number of rotatable bonds is 12. The van der Waals surface area contributed by atoms with Gasteiger partial charge in [0, 0.05) is 23.4 Å². The number of guanidine groups is 1. The van der Waals surface area contributed by atoms with E-state index in [0.717, 1.165) is 53.4 Å². The van der Waals surface area contributed by atoms with E-state index >= 15 is 0 Å². The van der Waals surface area contributed by atoms with E-state index in [4.69, 9.17) is 20.2 Å². The minimum absolute atomic E-state index is 0.0665. The highest BCUT2D eigenvalue weighted by atomic mass is 16.5. The normalized spacial score (nSPS) is 22.6. The predicted octanol–water partition coefficient (Wildman–Crippen LogP) is 8.86.